The number of piperidine rings is 1. The second-order valence-corrected chi connectivity index (χ2v) is 5.18. The van der Waals surface area contributed by atoms with Gasteiger partial charge in [-0.25, -0.2) is 0 Å². The van der Waals surface area contributed by atoms with Gasteiger partial charge in [0.1, 0.15) is 5.69 Å². The Morgan fingerprint density at radius 2 is 2.22 bits per heavy atom. The van der Waals surface area contributed by atoms with Crippen molar-refractivity contribution in [2.75, 3.05) is 13.1 Å². The SMILES string of the molecule is CCc1cc(C(=O)NC2C3CNCC32)n(CC)n1. The number of aryl methyl sites for hydroxylation is 2. The molecule has 5 nitrogen and oxygen atoms in total. The summed E-state index contributed by atoms with van der Waals surface area (Å²) in [5.41, 5.74) is 1.69. The lowest BCUT2D eigenvalue weighted by molar-refractivity contribution is 0.0936. The van der Waals surface area contributed by atoms with Crippen LogP contribution in [0.3, 0.4) is 0 Å². The second kappa shape index (κ2) is 4.39. The number of hydrogen-bond donors (Lipinski definition) is 2. The molecular weight excluding hydrogens is 228 g/mol. The van der Waals surface area contributed by atoms with E-state index in [2.05, 4.69) is 22.7 Å². The summed E-state index contributed by atoms with van der Waals surface area (Å²) in [5, 5.41) is 10.9. The molecule has 0 bridgehead atoms. The van der Waals surface area contributed by atoms with Gasteiger partial charge in [0.15, 0.2) is 0 Å². The Morgan fingerprint density at radius 3 is 2.83 bits per heavy atom. The molecule has 2 N–H and O–H groups in total. The van der Waals surface area contributed by atoms with Gasteiger partial charge in [-0.2, -0.15) is 5.10 Å². The van der Waals surface area contributed by atoms with Crippen LogP contribution < -0.4 is 10.6 Å². The summed E-state index contributed by atoms with van der Waals surface area (Å²) in [6.07, 6.45) is 0.867. The fraction of sp³-hybridized carbons (Fsp3) is 0.692. The van der Waals surface area contributed by atoms with E-state index in [-0.39, 0.29) is 5.91 Å². The van der Waals surface area contributed by atoms with Crippen molar-refractivity contribution in [3.05, 3.63) is 17.5 Å². The Bertz CT molecular complexity index is 458. The predicted molar refractivity (Wildman–Crippen MR) is 68.4 cm³/mol. The number of carbonyl (C=O) groups is 1. The van der Waals surface area contributed by atoms with Crippen LogP contribution in [0.1, 0.15) is 30.0 Å². The van der Waals surface area contributed by atoms with Gasteiger partial charge in [-0.15, -0.1) is 0 Å². The molecule has 0 aromatic carbocycles. The maximum absolute atomic E-state index is 12.2. The highest BCUT2D eigenvalue weighted by molar-refractivity contribution is 5.93. The molecule has 1 saturated carbocycles. The van der Waals surface area contributed by atoms with E-state index in [1.165, 1.54) is 0 Å². The van der Waals surface area contributed by atoms with Crippen LogP contribution in [-0.2, 0) is 13.0 Å². The average molecular weight is 248 g/mol. The molecule has 5 heteroatoms. The standard InChI is InChI=1S/C13H20N4O/c1-3-8-5-11(17(4-2)16-8)13(18)15-12-9-6-14-7-10(9)12/h5,9-10,12,14H,3-4,6-7H2,1-2H3,(H,15,18). The molecule has 1 aliphatic heterocycles. The van der Waals surface area contributed by atoms with Gasteiger partial charge < -0.3 is 10.6 Å². The summed E-state index contributed by atoms with van der Waals surface area (Å²) in [6.45, 7) is 6.90. The highest BCUT2D eigenvalue weighted by Crippen LogP contribution is 2.41. The lowest BCUT2D eigenvalue weighted by Gasteiger charge is -2.08. The first-order valence-corrected chi connectivity index (χ1v) is 6.82. The molecule has 3 rings (SSSR count). The van der Waals surface area contributed by atoms with Gasteiger partial charge in [-0.1, -0.05) is 6.92 Å². The average Bonchev–Trinajstić information content (AvgIpc) is 2.81. The minimum atomic E-state index is 0.0310. The van der Waals surface area contributed by atoms with Crippen LogP contribution >= 0.6 is 0 Å². The van der Waals surface area contributed by atoms with Crippen molar-refractivity contribution in [3.8, 4) is 0 Å². The lowest BCUT2D eigenvalue weighted by atomic mass is 10.3. The van der Waals surface area contributed by atoms with Gasteiger partial charge in [-0.3, -0.25) is 9.48 Å². The summed E-state index contributed by atoms with van der Waals surface area (Å²) in [5.74, 6) is 1.33. The summed E-state index contributed by atoms with van der Waals surface area (Å²) in [7, 11) is 0. The molecule has 2 heterocycles. The molecule has 2 fully saturated rings. The summed E-state index contributed by atoms with van der Waals surface area (Å²) in [4.78, 5) is 12.2. The van der Waals surface area contributed by atoms with E-state index >= 15 is 0 Å². The normalized spacial score (nSPS) is 29.1. The number of fused-ring (bicyclic) bond motifs is 1. The molecule has 98 valence electrons. The topological polar surface area (TPSA) is 59.0 Å². The quantitative estimate of drug-likeness (QED) is 0.811. The number of nitrogens with one attached hydrogen (secondary N) is 2. The third kappa shape index (κ3) is 1.82. The van der Waals surface area contributed by atoms with E-state index in [1.54, 1.807) is 4.68 Å². The van der Waals surface area contributed by atoms with Crippen molar-refractivity contribution in [3.63, 3.8) is 0 Å². The van der Waals surface area contributed by atoms with Crippen molar-refractivity contribution in [1.29, 1.82) is 0 Å². The lowest BCUT2D eigenvalue weighted by Crippen LogP contribution is -2.33. The van der Waals surface area contributed by atoms with Crippen molar-refractivity contribution in [1.82, 2.24) is 20.4 Å². The highest BCUT2D eigenvalue weighted by atomic mass is 16.2. The number of hydrogen-bond acceptors (Lipinski definition) is 3. The Kier molecular flexibility index (Phi) is 2.86. The number of carbonyl (C=O) groups excluding carboxylic acids is 1. The molecule has 1 aliphatic carbocycles. The first kappa shape index (κ1) is 11.7. The summed E-state index contributed by atoms with van der Waals surface area (Å²) in [6, 6.07) is 2.29. The zero-order valence-electron chi connectivity index (χ0n) is 10.9. The van der Waals surface area contributed by atoms with E-state index in [0.29, 0.717) is 23.6 Å². The van der Waals surface area contributed by atoms with Gasteiger partial charge in [0.2, 0.25) is 0 Å². The van der Waals surface area contributed by atoms with E-state index in [1.807, 2.05) is 13.0 Å². The zero-order valence-corrected chi connectivity index (χ0v) is 10.9. The molecule has 1 saturated heterocycles. The summed E-state index contributed by atoms with van der Waals surface area (Å²) >= 11 is 0. The molecule has 1 aromatic heterocycles. The molecule has 0 spiro atoms. The molecule has 0 radical (unpaired) electrons. The number of amides is 1. The third-order valence-corrected chi connectivity index (χ3v) is 4.11. The fourth-order valence-corrected chi connectivity index (χ4v) is 2.92. The first-order chi connectivity index (χ1) is 8.74. The van der Waals surface area contributed by atoms with E-state index in [9.17, 15) is 4.79 Å². The van der Waals surface area contributed by atoms with Crippen LogP contribution in [0, 0.1) is 11.8 Å². The molecule has 2 aliphatic rings. The molecule has 2 unspecified atom stereocenters. The van der Waals surface area contributed by atoms with Crippen molar-refractivity contribution < 1.29 is 4.79 Å². The Hall–Kier alpha value is -1.36. The first-order valence-electron chi connectivity index (χ1n) is 6.82. The predicted octanol–water partition coefficient (Wildman–Crippen LogP) is 0.413. The molecular formula is C13H20N4O. The largest absolute Gasteiger partial charge is 0.347 e. The van der Waals surface area contributed by atoms with Crippen molar-refractivity contribution in [2.24, 2.45) is 11.8 Å². The maximum atomic E-state index is 12.2. The Balaban J connectivity index is 1.70. The highest BCUT2D eigenvalue weighted by Gasteiger charge is 2.53. The molecule has 1 amide bonds. The van der Waals surface area contributed by atoms with Crippen LogP contribution in [0.2, 0.25) is 0 Å². The van der Waals surface area contributed by atoms with Crippen LogP contribution in [0.25, 0.3) is 0 Å². The molecule has 2 atom stereocenters. The van der Waals surface area contributed by atoms with Gasteiger partial charge in [-0.05, 0) is 31.2 Å². The van der Waals surface area contributed by atoms with Crippen LogP contribution in [0.4, 0.5) is 0 Å². The van der Waals surface area contributed by atoms with Crippen molar-refractivity contribution >= 4 is 5.91 Å². The Labute approximate surface area is 107 Å². The van der Waals surface area contributed by atoms with Gasteiger partial charge in [0, 0.05) is 25.7 Å². The van der Waals surface area contributed by atoms with Crippen LogP contribution in [0.5, 0.6) is 0 Å². The number of aromatic nitrogens is 2. The zero-order chi connectivity index (χ0) is 12.7. The summed E-state index contributed by atoms with van der Waals surface area (Å²) < 4.78 is 1.80. The van der Waals surface area contributed by atoms with Gasteiger partial charge in [0.25, 0.3) is 5.91 Å². The monoisotopic (exact) mass is 248 g/mol. The minimum Gasteiger partial charge on any atom is -0.347 e. The second-order valence-electron chi connectivity index (χ2n) is 5.18. The fourth-order valence-electron chi connectivity index (χ4n) is 2.92. The number of nitrogens with zero attached hydrogens (tertiary/aromatic N) is 2. The molecule has 1 aromatic rings. The molecule has 18 heavy (non-hydrogen) atoms. The van der Waals surface area contributed by atoms with Crippen LogP contribution in [-0.4, -0.2) is 34.8 Å². The number of rotatable bonds is 4. The van der Waals surface area contributed by atoms with E-state index in [0.717, 1.165) is 31.7 Å². The van der Waals surface area contributed by atoms with E-state index in [4.69, 9.17) is 0 Å². The van der Waals surface area contributed by atoms with Gasteiger partial charge >= 0.3 is 0 Å². The smallest absolute Gasteiger partial charge is 0.269 e. The maximum Gasteiger partial charge on any atom is 0.269 e. The Morgan fingerprint density at radius 1 is 1.50 bits per heavy atom. The van der Waals surface area contributed by atoms with Crippen molar-refractivity contribution in [2.45, 2.75) is 32.9 Å². The third-order valence-electron chi connectivity index (χ3n) is 4.11. The minimum absolute atomic E-state index is 0.0310. The van der Waals surface area contributed by atoms with E-state index < -0.39 is 0 Å². The van der Waals surface area contributed by atoms with Crippen LogP contribution in [0.15, 0.2) is 6.07 Å². The van der Waals surface area contributed by atoms with Gasteiger partial charge in [0.05, 0.1) is 5.69 Å².